The van der Waals surface area contributed by atoms with E-state index in [9.17, 15) is 10.0 Å². The molecule has 0 spiro atoms. The molecule has 2 aromatic rings. The lowest BCUT2D eigenvalue weighted by Crippen LogP contribution is -2.25. The van der Waals surface area contributed by atoms with E-state index in [0.29, 0.717) is 22.4 Å². The molecule has 0 bridgehead atoms. The van der Waals surface area contributed by atoms with Gasteiger partial charge in [0.15, 0.2) is 6.20 Å². The van der Waals surface area contributed by atoms with Crippen molar-refractivity contribution < 1.29 is 14.3 Å². The number of pyridine rings is 1. The van der Waals surface area contributed by atoms with Gasteiger partial charge in [-0.3, -0.25) is 0 Å². The lowest BCUT2D eigenvalue weighted by molar-refractivity contribution is -0.576. The summed E-state index contributed by atoms with van der Waals surface area (Å²) in [5.41, 5.74) is 0.997. The summed E-state index contributed by atoms with van der Waals surface area (Å²) in [5, 5.41) is 11.3. The van der Waals surface area contributed by atoms with Gasteiger partial charge in [0.05, 0.1) is 6.61 Å². The van der Waals surface area contributed by atoms with Crippen molar-refractivity contribution in [1.82, 2.24) is 4.57 Å². The topological polar surface area (TPSA) is 58.2 Å². The van der Waals surface area contributed by atoms with E-state index in [2.05, 4.69) is 0 Å². The molecule has 0 saturated carbocycles. The fraction of sp³-hybridized carbons (Fsp3) is 0.200. The van der Waals surface area contributed by atoms with E-state index in [0.717, 1.165) is 0 Å². The minimum Gasteiger partial charge on any atom is -0.618 e. The molecule has 0 fully saturated rings. The van der Waals surface area contributed by atoms with Crippen LogP contribution in [0.4, 0.5) is 4.79 Å². The summed E-state index contributed by atoms with van der Waals surface area (Å²) in [6, 6.07) is 4.87. The summed E-state index contributed by atoms with van der Waals surface area (Å²) in [4.78, 5) is 11.5. The quantitative estimate of drug-likeness (QED) is 0.521. The van der Waals surface area contributed by atoms with Crippen LogP contribution >= 0.6 is 0 Å². The van der Waals surface area contributed by atoms with E-state index in [1.807, 2.05) is 0 Å². The lowest BCUT2D eigenvalue weighted by Gasteiger charge is -2.03. The highest BCUT2D eigenvalue weighted by Gasteiger charge is 2.13. The molecule has 5 nitrogen and oxygen atoms in total. The van der Waals surface area contributed by atoms with E-state index in [4.69, 9.17) is 4.74 Å². The maximum absolute atomic E-state index is 11.5. The Labute approximate surface area is 86.1 Å². The number of carbonyl (C=O) groups excluding carboxylic acids is 1. The van der Waals surface area contributed by atoms with E-state index >= 15 is 0 Å². The molecule has 0 saturated heterocycles. The molecule has 15 heavy (non-hydrogen) atoms. The molecule has 0 amide bonds. The van der Waals surface area contributed by atoms with Crippen molar-refractivity contribution in [2.75, 3.05) is 6.61 Å². The van der Waals surface area contributed by atoms with Crippen LogP contribution in [0.15, 0.2) is 30.6 Å². The summed E-state index contributed by atoms with van der Waals surface area (Å²) < 4.78 is 6.87. The zero-order chi connectivity index (χ0) is 10.8. The highest BCUT2D eigenvalue weighted by atomic mass is 16.5. The number of hydrogen-bond donors (Lipinski definition) is 0. The van der Waals surface area contributed by atoms with Gasteiger partial charge in [-0.25, -0.2) is 9.36 Å². The third-order valence-corrected chi connectivity index (χ3v) is 2.08. The van der Waals surface area contributed by atoms with E-state index in [1.165, 1.54) is 17.0 Å². The monoisotopic (exact) mass is 206 g/mol. The Morgan fingerprint density at radius 1 is 1.60 bits per heavy atom. The molecule has 0 atom stereocenters. The summed E-state index contributed by atoms with van der Waals surface area (Å²) >= 11 is 0. The van der Waals surface area contributed by atoms with Crippen molar-refractivity contribution in [3.8, 4) is 0 Å². The van der Waals surface area contributed by atoms with E-state index < -0.39 is 6.09 Å². The minimum atomic E-state index is -0.473. The van der Waals surface area contributed by atoms with Crippen molar-refractivity contribution in [1.29, 1.82) is 0 Å². The largest absolute Gasteiger partial charge is 0.618 e. The molecule has 0 aromatic carbocycles. The molecule has 78 valence electrons. The van der Waals surface area contributed by atoms with Gasteiger partial charge >= 0.3 is 6.09 Å². The molecule has 0 N–H and O–H groups in total. The standard InChI is InChI=1S/C10H10N2O3/c1-2-15-10(13)11-7-5-9-8(11)4-3-6-12(9)14/h3-7H,2H2,1H3. The van der Waals surface area contributed by atoms with Crippen molar-refractivity contribution in [3.63, 3.8) is 0 Å². The van der Waals surface area contributed by atoms with Crippen molar-refractivity contribution in [3.05, 3.63) is 35.8 Å². The molecule has 0 aliphatic carbocycles. The molecule has 2 aromatic heterocycles. The van der Waals surface area contributed by atoms with Crippen LogP contribution in [0.2, 0.25) is 0 Å². The van der Waals surface area contributed by atoms with E-state index in [1.54, 1.807) is 25.1 Å². The molecule has 2 heterocycles. The maximum atomic E-state index is 11.5. The number of ether oxygens (including phenoxy) is 1. The van der Waals surface area contributed by atoms with Gasteiger partial charge in [-0.15, -0.1) is 0 Å². The fourth-order valence-electron chi connectivity index (χ4n) is 1.43. The summed E-state index contributed by atoms with van der Waals surface area (Å²) in [7, 11) is 0. The first kappa shape index (κ1) is 9.51. The van der Waals surface area contributed by atoms with Gasteiger partial charge in [0.2, 0.25) is 5.52 Å². The van der Waals surface area contributed by atoms with Gasteiger partial charge < -0.3 is 9.94 Å². The molecular weight excluding hydrogens is 196 g/mol. The number of hydrogen-bond acceptors (Lipinski definition) is 3. The normalized spacial score (nSPS) is 10.5. The average Bonchev–Trinajstić information content (AvgIpc) is 2.63. The zero-order valence-electron chi connectivity index (χ0n) is 8.21. The Morgan fingerprint density at radius 2 is 2.40 bits per heavy atom. The SMILES string of the molecule is CCOC(=O)n1ccc2c1ccc[n+]2[O-]. The summed E-state index contributed by atoms with van der Waals surface area (Å²) in [6.07, 6.45) is 2.44. The molecule has 2 rings (SSSR count). The Kier molecular flexibility index (Phi) is 2.29. The van der Waals surface area contributed by atoms with Gasteiger partial charge in [-0.05, 0) is 13.0 Å². The second-order valence-corrected chi connectivity index (χ2v) is 2.99. The van der Waals surface area contributed by atoms with Crippen LogP contribution in [-0.2, 0) is 4.74 Å². The number of carbonyl (C=O) groups is 1. The predicted molar refractivity (Wildman–Crippen MR) is 53.3 cm³/mol. The number of fused-ring (bicyclic) bond motifs is 1. The van der Waals surface area contributed by atoms with Crippen LogP contribution in [0.1, 0.15) is 6.92 Å². The van der Waals surface area contributed by atoms with Crippen LogP contribution < -0.4 is 4.73 Å². The Balaban J connectivity index is 2.54. The molecular formula is C10H10N2O3. The molecule has 0 radical (unpaired) electrons. The number of rotatable bonds is 1. The van der Waals surface area contributed by atoms with Crippen LogP contribution in [0.3, 0.4) is 0 Å². The van der Waals surface area contributed by atoms with Crippen molar-refractivity contribution in [2.45, 2.75) is 6.92 Å². The van der Waals surface area contributed by atoms with Gasteiger partial charge in [0.1, 0.15) is 5.52 Å². The van der Waals surface area contributed by atoms with Crippen LogP contribution in [0.5, 0.6) is 0 Å². The Morgan fingerprint density at radius 3 is 3.13 bits per heavy atom. The average molecular weight is 206 g/mol. The number of nitrogens with zero attached hydrogens (tertiary/aromatic N) is 2. The summed E-state index contributed by atoms with van der Waals surface area (Å²) in [5.74, 6) is 0. The third-order valence-electron chi connectivity index (χ3n) is 2.08. The summed E-state index contributed by atoms with van der Waals surface area (Å²) in [6.45, 7) is 2.04. The van der Waals surface area contributed by atoms with E-state index in [-0.39, 0.29) is 0 Å². The van der Waals surface area contributed by atoms with Crippen molar-refractivity contribution >= 4 is 17.1 Å². The highest BCUT2D eigenvalue weighted by molar-refractivity contribution is 5.85. The van der Waals surface area contributed by atoms with Gasteiger partial charge in [-0.2, -0.15) is 4.73 Å². The van der Waals surface area contributed by atoms with Gasteiger partial charge in [0.25, 0.3) is 0 Å². The zero-order valence-corrected chi connectivity index (χ0v) is 8.21. The molecule has 0 unspecified atom stereocenters. The van der Waals surface area contributed by atoms with Crippen LogP contribution in [0, 0.1) is 5.21 Å². The first-order valence-corrected chi connectivity index (χ1v) is 4.60. The van der Waals surface area contributed by atoms with Crippen molar-refractivity contribution in [2.24, 2.45) is 0 Å². The third kappa shape index (κ3) is 1.52. The lowest BCUT2D eigenvalue weighted by atomic mass is 10.4. The maximum Gasteiger partial charge on any atom is 0.418 e. The molecule has 0 aliphatic rings. The Hall–Kier alpha value is -2.04. The second kappa shape index (κ2) is 3.61. The van der Waals surface area contributed by atoms with Crippen LogP contribution in [-0.4, -0.2) is 17.3 Å². The molecule has 0 aliphatic heterocycles. The highest BCUT2D eigenvalue weighted by Crippen LogP contribution is 2.11. The fourth-order valence-corrected chi connectivity index (χ4v) is 1.43. The van der Waals surface area contributed by atoms with Gasteiger partial charge in [-0.1, -0.05) is 0 Å². The van der Waals surface area contributed by atoms with Crippen LogP contribution in [0.25, 0.3) is 11.0 Å². The Bertz CT molecular complexity index is 504. The first-order chi connectivity index (χ1) is 7.24. The van der Waals surface area contributed by atoms with Gasteiger partial charge in [0, 0.05) is 18.3 Å². The predicted octanol–water partition coefficient (Wildman–Crippen LogP) is 1.28. The smallest absolute Gasteiger partial charge is 0.418 e. The number of aromatic nitrogens is 2. The molecule has 5 heteroatoms. The first-order valence-electron chi connectivity index (χ1n) is 4.60. The minimum absolute atomic E-state index is 0.308. The second-order valence-electron chi connectivity index (χ2n) is 2.99.